The van der Waals surface area contributed by atoms with Gasteiger partial charge in [0.2, 0.25) is 0 Å². The van der Waals surface area contributed by atoms with E-state index in [2.05, 4.69) is 4.57 Å². The number of fused-ring (bicyclic) bond motifs is 2. The summed E-state index contributed by atoms with van der Waals surface area (Å²) >= 11 is 0. The predicted octanol–water partition coefficient (Wildman–Crippen LogP) is 7.59. The van der Waals surface area contributed by atoms with E-state index >= 15 is 0 Å². The molecule has 0 radical (unpaired) electrons. The van der Waals surface area contributed by atoms with E-state index in [1.807, 2.05) is 66.7 Å². The van der Waals surface area contributed by atoms with Crippen molar-refractivity contribution in [1.82, 2.24) is 4.57 Å². The fraction of sp³-hybridized carbons (Fsp3) is 0.0606. The quantitative estimate of drug-likeness (QED) is 0.162. The van der Waals surface area contributed by atoms with Gasteiger partial charge in [-0.1, -0.05) is 24.3 Å². The molecule has 0 saturated heterocycles. The number of nitrogens with zero attached hydrogens (tertiary/aromatic N) is 1. The summed E-state index contributed by atoms with van der Waals surface area (Å²) in [5, 5.41) is 1.23. The molecular weight excluding hydrogens is 512 g/mol. The summed E-state index contributed by atoms with van der Waals surface area (Å²) in [5.41, 5.74) is 2.66. The van der Waals surface area contributed by atoms with Crippen molar-refractivity contribution in [3.05, 3.63) is 143 Å². The Bertz CT molecular complexity index is 1820. The Kier molecular flexibility index (Phi) is 6.63. The summed E-state index contributed by atoms with van der Waals surface area (Å²) in [6.45, 7) is 0.551. The second-order valence-electron chi connectivity index (χ2n) is 9.18. The van der Waals surface area contributed by atoms with Crippen LogP contribution in [0.1, 0.15) is 5.56 Å². The third-order valence-electron chi connectivity index (χ3n) is 6.75. The fourth-order valence-corrected chi connectivity index (χ4v) is 6.98. The molecule has 0 amide bonds. The van der Waals surface area contributed by atoms with Crippen molar-refractivity contribution in [3.63, 3.8) is 0 Å². The summed E-state index contributed by atoms with van der Waals surface area (Å²) in [7, 11) is 0.967. The Balaban J connectivity index is 1.57. The van der Waals surface area contributed by atoms with E-state index in [0.717, 1.165) is 37.0 Å². The number of halogens is 2. The van der Waals surface area contributed by atoms with Crippen molar-refractivity contribution in [2.24, 2.45) is 0 Å². The number of para-hydroxylation sites is 1. The third kappa shape index (κ3) is 4.79. The van der Waals surface area contributed by atoms with Crippen LogP contribution in [0.15, 0.2) is 135 Å². The van der Waals surface area contributed by atoms with Gasteiger partial charge in [-0.25, -0.2) is 8.78 Å². The minimum atomic E-state index is -0.676. The average molecular weight is 537 g/mol. The van der Waals surface area contributed by atoms with Crippen molar-refractivity contribution in [2.45, 2.75) is 21.2 Å². The van der Waals surface area contributed by atoms with Crippen LogP contribution in [0.2, 0.25) is 0 Å². The summed E-state index contributed by atoms with van der Waals surface area (Å²) in [4.78, 5) is 16.4. The summed E-state index contributed by atoms with van der Waals surface area (Å²) in [6, 6.07) is 34.1. The summed E-state index contributed by atoms with van der Waals surface area (Å²) in [5.74, 6) is 0.116. The van der Waals surface area contributed by atoms with E-state index in [0.29, 0.717) is 17.3 Å². The third-order valence-corrected chi connectivity index (χ3v) is 8.96. The number of rotatable bonds is 6. The van der Waals surface area contributed by atoms with Crippen molar-refractivity contribution < 1.29 is 13.5 Å². The molecule has 6 heteroatoms. The van der Waals surface area contributed by atoms with Gasteiger partial charge in [-0.05, 0) is 90.5 Å². The van der Waals surface area contributed by atoms with Crippen molar-refractivity contribution in [1.29, 1.82) is 0 Å². The molecule has 39 heavy (non-hydrogen) atoms. The molecule has 1 aromatic heterocycles. The average Bonchev–Trinajstić information content (AvgIpc) is 2.97. The minimum Gasteiger partial charge on any atom is -0.497 e. The van der Waals surface area contributed by atoms with Crippen LogP contribution in [-0.4, -0.2) is 11.7 Å². The lowest BCUT2D eigenvalue weighted by Gasteiger charge is -2.16. The Labute approximate surface area is 227 Å². The summed E-state index contributed by atoms with van der Waals surface area (Å²) < 4.78 is 35.2. The number of ether oxygens (including phenoxy) is 1. The number of hydrogen-bond acceptors (Lipinski definition) is 2. The maximum Gasteiger partial charge on any atom is 0.197 e. The molecule has 0 fully saturated rings. The van der Waals surface area contributed by atoms with Crippen molar-refractivity contribution >= 4 is 32.7 Å². The smallest absolute Gasteiger partial charge is 0.197 e. The zero-order chi connectivity index (χ0) is 26.9. The van der Waals surface area contributed by atoms with Crippen LogP contribution in [0.3, 0.4) is 0 Å². The minimum absolute atomic E-state index is 0.0499. The highest BCUT2D eigenvalue weighted by molar-refractivity contribution is 7.97. The van der Waals surface area contributed by atoms with Crippen LogP contribution >= 0.6 is 0 Å². The molecule has 0 N–H and O–H groups in total. The van der Waals surface area contributed by atoms with Crippen LogP contribution in [-0.2, 0) is 17.4 Å². The Morgan fingerprint density at radius 1 is 0.667 bits per heavy atom. The second kappa shape index (κ2) is 10.4. The lowest BCUT2D eigenvalue weighted by Crippen LogP contribution is -2.13. The number of hydrogen-bond donors (Lipinski definition) is 0. The van der Waals surface area contributed by atoms with Gasteiger partial charge in [0.1, 0.15) is 17.4 Å². The fourth-order valence-electron chi connectivity index (χ4n) is 4.91. The molecular formula is C33H24F2NO2S+. The first-order chi connectivity index (χ1) is 19.0. The first-order valence-corrected chi connectivity index (χ1v) is 13.7. The Morgan fingerprint density at radius 3 is 1.95 bits per heavy atom. The largest absolute Gasteiger partial charge is 0.497 e. The van der Waals surface area contributed by atoms with E-state index in [-0.39, 0.29) is 17.1 Å². The molecule has 0 aliphatic rings. The Morgan fingerprint density at radius 2 is 1.28 bits per heavy atom. The molecule has 0 aliphatic carbocycles. The van der Waals surface area contributed by atoms with Crippen LogP contribution in [0, 0.1) is 11.6 Å². The lowest BCUT2D eigenvalue weighted by atomic mass is 10.1. The molecule has 6 rings (SSSR count). The highest BCUT2D eigenvalue weighted by atomic mass is 32.2. The molecule has 0 unspecified atom stereocenters. The van der Waals surface area contributed by atoms with Gasteiger partial charge in [-0.3, -0.25) is 4.79 Å². The van der Waals surface area contributed by atoms with Gasteiger partial charge >= 0.3 is 0 Å². The molecule has 0 saturated carbocycles. The SMILES string of the molecule is COc1cccc(Cn2c3ccccc3c(=O)c3cc([S+](c4ccc(F)cc4)c4ccc(F)cc4)ccc32)c1. The zero-order valence-electron chi connectivity index (χ0n) is 21.1. The van der Waals surface area contributed by atoms with Crippen molar-refractivity contribution in [2.75, 3.05) is 7.11 Å². The molecule has 3 nitrogen and oxygen atoms in total. The molecule has 5 aromatic carbocycles. The van der Waals surface area contributed by atoms with E-state index < -0.39 is 10.9 Å². The summed E-state index contributed by atoms with van der Waals surface area (Å²) in [6.07, 6.45) is 0. The molecule has 0 bridgehead atoms. The van der Waals surface area contributed by atoms with Gasteiger partial charge in [0.25, 0.3) is 0 Å². The maximum atomic E-state index is 13.8. The maximum absolute atomic E-state index is 13.8. The van der Waals surface area contributed by atoms with Crippen LogP contribution < -0.4 is 10.2 Å². The first-order valence-electron chi connectivity index (χ1n) is 12.5. The van der Waals surface area contributed by atoms with Crippen molar-refractivity contribution in [3.8, 4) is 5.75 Å². The molecule has 6 aromatic rings. The van der Waals surface area contributed by atoms with Gasteiger partial charge < -0.3 is 9.30 Å². The number of methoxy groups -OCH3 is 1. The number of pyridine rings is 1. The lowest BCUT2D eigenvalue weighted by molar-refractivity contribution is 0.414. The standard InChI is InChI=1S/C33H24F2NO2S/c1-38-25-6-4-5-22(19-25)21-36-31-8-3-2-7-29(31)33(37)30-20-28(17-18-32(30)36)39(26-13-9-23(34)10-14-26)27-15-11-24(35)12-16-27/h2-20H,21H2,1H3/q+1. The topological polar surface area (TPSA) is 31.2 Å². The second-order valence-corrected chi connectivity index (χ2v) is 11.2. The van der Waals surface area contributed by atoms with Gasteiger partial charge in [0.15, 0.2) is 20.1 Å². The van der Waals surface area contributed by atoms with Gasteiger partial charge in [-0.2, -0.15) is 0 Å². The predicted molar refractivity (Wildman–Crippen MR) is 153 cm³/mol. The van der Waals surface area contributed by atoms with Gasteiger partial charge in [0.05, 0.1) is 34.4 Å². The highest BCUT2D eigenvalue weighted by Crippen LogP contribution is 2.33. The molecule has 0 atom stereocenters. The monoisotopic (exact) mass is 536 g/mol. The van der Waals surface area contributed by atoms with Crippen LogP contribution in [0.4, 0.5) is 8.78 Å². The molecule has 0 aliphatic heterocycles. The zero-order valence-corrected chi connectivity index (χ0v) is 21.9. The van der Waals surface area contributed by atoms with Crippen LogP contribution in [0.5, 0.6) is 5.75 Å². The van der Waals surface area contributed by atoms with Crippen LogP contribution in [0.25, 0.3) is 21.8 Å². The Hall–Kier alpha value is -4.42. The first kappa shape index (κ1) is 24.9. The van der Waals surface area contributed by atoms with E-state index in [1.54, 1.807) is 31.4 Å². The number of benzene rings is 5. The van der Waals surface area contributed by atoms with E-state index in [4.69, 9.17) is 4.74 Å². The van der Waals surface area contributed by atoms with E-state index in [1.165, 1.54) is 24.3 Å². The highest BCUT2D eigenvalue weighted by Gasteiger charge is 2.30. The molecule has 1 heterocycles. The normalized spacial score (nSPS) is 11.4. The van der Waals surface area contributed by atoms with E-state index in [9.17, 15) is 13.6 Å². The number of aromatic nitrogens is 1. The molecule has 192 valence electrons. The van der Waals surface area contributed by atoms with Gasteiger partial charge in [0, 0.05) is 18.0 Å². The molecule has 0 spiro atoms. The van der Waals surface area contributed by atoms with Gasteiger partial charge in [-0.15, -0.1) is 0 Å².